The van der Waals surface area contributed by atoms with Crippen molar-refractivity contribution in [2.75, 3.05) is 7.11 Å². The summed E-state index contributed by atoms with van der Waals surface area (Å²) >= 11 is 0. The third-order valence-corrected chi connectivity index (χ3v) is 3.53. The van der Waals surface area contributed by atoms with E-state index in [2.05, 4.69) is 4.99 Å². The summed E-state index contributed by atoms with van der Waals surface area (Å²) in [5, 5.41) is 0. The molecule has 3 nitrogen and oxygen atoms in total. The Labute approximate surface area is 109 Å². The van der Waals surface area contributed by atoms with Crippen molar-refractivity contribution in [3.63, 3.8) is 0 Å². The van der Waals surface area contributed by atoms with Crippen LogP contribution in [0.1, 0.15) is 37.7 Å². The van der Waals surface area contributed by atoms with E-state index >= 15 is 0 Å². The van der Waals surface area contributed by atoms with Crippen LogP contribution in [0.3, 0.4) is 0 Å². The Balaban J connectivity index is 2.01. The number of nitrogens with two attached hydrogens (primary N) is 1. The summed E-state index contributed by atoms with van der Waals surface area (Å²) in [6.45, 7) is 0.641. The molecular formula is C15H22N2O. The van der Waals surface area contributed by atoms with E-state index in [1.54, 1.807) is 7.11 Å². The number of methoxy groups -OCH3 is 1. The molecule has 0 atom stereocenters. The van der Waals surface area contributed by atoms with Gasteiger partial charge < -0.3 is 10.5 Å². The van der Waals surface area contributed by atoms with Crippen LogP contribution in [0.5, 0.6) is 0 Å². The van der Waals surface area contributed by atoms with E-state index < -0.39 is 0 Å². The summed E-state index contributed by atoms with van der Waals surface area (Å²) in [5.74, 6) is 1.28. The van der Waals surface area contributed by atoms with Crippen LogP contribution in [-0.2, 0) is 11.3 Å². The molecule has 0 aromatic heterocycles. The fourth-order valence-corrected chi connectivity index (χ4v) is 2.47. The highest BCUT2D eigenvalue weighted by Crippen LogP contribution is 2.25. The van der Waals surface area contributed by atoms with E-state index in [1.807, 2.05) is 24.3 Å². The number of hydrogen-bond acceptors (Lipinski definition) is 2. The molecule has 0 spiro atoms. The Morgan fingerprint density at radius 1 is 1.22 bits per heavy atom. The minimum Gasteiger partial charge on any atom is -0.387 e. The fourth-order valence-electron chi connectivity index (χ4n) is 2.47. The highest BCUT2D eigenvalue weighted by molar-refractivity contribution is 5.85. The van der Waals surface area contributed by atoms with Gasteiger partial charge in [-0.25, -0.2) is 4.99 Å². The lowest BCUT2D eigenvalue weighted by Crippen LogP contribution is -2.25. The fraction of sp³-hybridized carbons (Fsp3) is 0.533. The van der Waals surface area contributed by atoms with Crippen molar-refractivity contribution in [3.05, 3.63) is 29.8 Å². The van der Waals surface area contributed by atoms with E-state index in [4.69, 9.17) is 10.5 Å². The molecule has 0 amide bonds. The zero-order valence-electron chi connectivity index (χ0n) is 11.1. The molecule has 3 heteroatoms. The van der Waals surface area contributed by atoms with Gasteiger partial charge >= 0.3 is 0 Å². The van der Waals surface area contributed by atoms with Gasteiger partial charge in [0.2, 0.25) is 0 Å². The number of nitrogens with zero attached hydrogens (tertiary/aromatic N) is 1. The summed E-state index contributed by atoms with van der Waals surface area (Å²) in [7, 11) is 1.70. The third kappa shape index (κ3) is 3.57. The first-order chi connectivity index (χ1) is 8.79. The van der Waals surface area contributed by atoms with Crippen LogP contribution in [-0.4, -0.2) is 12.9 Å². The van der Waals surface area contributed by atoms with Gasteiger partial charge in [-0.05, 0) is 30.5 Å². The number of rotatable bonds is 4. The minimum atomic E-state index is 0.484. The van der Waals surface area contributed by atoms with Gasteiger partial charge in [-0.2, -0.15) is 0 Å². The van der Waals surface area contributed by atoms with Crippen molar-refractivity contribution in [1.29, 1.82) is 0 Å². The topological polar surface area (TPSA) is 47.6 Å². The molecule has 1 aromatic rings. The molecule has 0 aliphatic heterocycles. The van der Waals surface area contributed by atoms with Crippen LogP contribution in [0, 0.1) is 5.92 Å². The second-order valence-corrected chi connectivity index (χ2v) is 4.97. The Kier molecular flexibility index (Phi) is 4.76. The number of amidine groups is 1. The van der Waals surface area contributed by atoms with Crippen LogP contribution in [0.4, 0.5) is 5.69 Å². The number of aliphatic imine (C=N–C) groups is 1. The average Bonchev–Trinajstić information content (AvgIpc) is 2.42. The monoisotopic (exact) mass is 246 g/mol. The van der Waals surface area contributed by atoms with Crippen molar-refractivity contribution in [2.45, 2.75) is 38.7 Å². The first-order valence-electron chi connectivity index (χ1n) is 6.71. The van der Waals surface area contributed by atoms with E-state index in [1.165, 1.54) is 32.1 Å². The van der Waals surface area contributed by atoms with Crippen molar-refractivity contribution >= 4 is 11.5 Å². The number of benzene rings is 1. The van der Waals surface area contributed by atoms with Crippen LogP contribution in [0.2, 0.25) is 0 Å². The third-order valence-electron chi connectivity index (χ3n) is 3.53. The van der Waals surface area contributed by atoms with Gasteiger partial charge in [-0.15, -0.1) is 0 Å². The van der Waals surface area contributed by atoms with Gasteiger partial charge in [0.05, 0.1) is 12.3 Å². The molecule has 0 saturated heterocycles. The summed E-state index contributed by atoms with van der Waals surface area (Å²) < 4.78 is 5.08. The van der Waals surface area contributed by atoms with Crippen molar-refractivity contribution in [1.82, 2.24) is 0 Å². The molecule has 1 aromatic carbocycles. The smallest absolute Gasteiger partial charge is 0.103 e. The minimum absolute atomic E-state index is 0.484. The molecule has 98 valence electrons. The van der Waals surface area contributed by atoms with Gasteiger partial charge in [-0.1, -0.05) is 31.4 Å². The van der Waals surface area contributed by atoms with E-state index in [-0.39, 0.29) is 0 Å². The zero-order valence-corrected chi connectivity index (χ0v) is 11.1. The highest BCUT2D eigenvalue weighted by Gasteiger charge is 2.16. The lowest BCUT2D eigenvalue weighted by Gasteiger charge is -2.20. The lowest BCUT2D eigenvalue weighted by atomic mass is 9.88. The first kappa shape index (κ1) is 13.1. The SMILES string of the molecule is COCc1ccc(N=C(N)C2CCCCC2)cc1. The first-order valence-corrected chi connectivity index (χ1v) is 6.71. The van der Waals surface area contributed by atoms with E-state index in [9.17, 15) is 0 Å². The molecule has 0 unspecified atom stereocenters. The van der Waals surface area contributed by atoms with Gasteiger partial charge in [0.15, 0.2) is 0 Å². The van der Waals surface area contributed by atoms with Gasteiger partial charge in [0.25, 0.3) is 0 Å². The average molecular weight is 246 g/mol. The van der Waals surface area contributed by atoms with Gasteiger partial charge in [-0.3, -0.25) is 0 Å². The molecule has 1 fully saturated rings. The van der Waals surface area contributed by atoms with Crippen molar-refractivity contribution in [2.24, 2.45) is 16.6 Å². The molecule has 2 rings (SSSR count). The largest absolute Gasteiger partial charge is 0.387 e. The standard InChI is InChI=1S/C15H22N2O/c1-18-11-12-7-9-14(10-8-12)17-15(16)13-5-3-2-4-6-13/h7-10,13H,2-6,11H2,1H3,(H2,16,17). The van der Waals surface area contributed by atoms with Crippen molar-refractivity contribution < 1.29 is 4.74 Å². The Morgan fingerprint density at radius 2 is 1.89 bits per heavy atom. The Bertz CT molecular complexity index is 391. The second kappa shape index (κ2) is 6.55. The van der Waals surface area contributed by atoms with Crippen LogP contribution < -0.4 is 5.73 Å². The normalized spacial score (nSPS) is 17.9. The summed E-state index contributed by atoms with van der Waals surface area (Å²) in [5.41, 5.74) is 8.20. The maximum absolute atomic E-state index is 6.10. The Hall–Kier alpha value is -1.35. The quantitative estimate of drug-likeness (QED) is 0.653. The highest BCUT2D eigenvalue weighted by atomic mass is 16.5. The summed E-state index contributed by atoms with van der Waals surface area (Å²) in [4.78, 5) is 4.54. The van der Waals surface area contributed by atoms with E-state index in [0.29, 0.717) is 12.5 Å². The molecule has 1 saturated carbocycles. The molecule has 0 bridgehead atoms. The van der Waals surface area contributed by atoms with Gasteiger partial charge in [0.1, 0.15) is 5.84 Å². The van der Waals surface area contributed by atoms with Crippen LogP contribution in [0.25, 0.3) is 0 Å². The molecule has 0 heterocycles. The van der Waals surface area contributed by atoms with Crippen LogP contribution >= 0.6 is 0 Å². The zero-order chi connectivity index (χ0) is 12.8. The molecular weight excluding hydrogens is 224 g/mol. The summed E-state index contributed by atoms with van der Waals surface area (Å²) in [6.07, 6.45) is 6.30. The molecule has 0 radical (unpaired) electrons. The molecule has 2 N–H and O–H groups in total. The van der Waals surface area contributed by atoms with Crippen molar-refractivity contribution in [3.8, 4) is 0 Å². The van der Waals surface area contributed by atoms with E-state index in [0.717, 1.165) is 17.1 Å². The predicted octanol–water partition coefficient (Wildman–Crippen LogP) is 3.40. The predicted molar refractivity (Wildman–Crippen MR) is 75.0 cm³/mol. The Morgan fingerprint density at radius 3 is 2.50 bits per heavy atom. The lowest BCUT2D eigenvalue weighted by molar-refractivity contribution is 0.185. The number of ether oxygens (including phenoxy) is 1. The number of hydrogen-bond donors (Lipinski definition) is 1. The molecule has 1 aliphatic rings. The van der Waals surface area contributed by atoms with Crippen LogP contribution in [0.15, 0.2) is 29.3 Å². The maximum atomic E-state index is 6.10. The van der Waals surface area contributed by atoms with Gasteiger partial charge in [0, 0.05) is 13.0 Å². The molecule has 1 aliphatic carbocycles. The molecule has 18 heavy (non-hydrogen) atoms. The maximum Gasteiger partial charge on any atom is 0.103 e. The second-order valence-electron chi connectivity index (χ2n) is 4.97. The summed E-state index contributed by atoms with van der Waals surface area (Å²) in [6, 6.07) is 8.08.